The van der Waals surface area contributed by atoms with Crippen LogP contribution in [0, 0.1) is 5.41 Å². The van der Waals surface area contributed by atoms with E-state index in [0.717, 1.165) is 0 Å². The molecular formula is C13H20N4O3. The highest BCUT2D eigenvalue weighted by molar-refractivity contribution is 5.91. The summed E-state index contributed by atoms with van der Waals surface area (Å²) in [5.41, 5.74) is -0.297. The van der Waals surface area contributed by atoms with Gasteiger partial charge in [-0.25, -0.2) is 5.10 Å². The fraction of sp³-hybridized carbons (Fsp3) is 0.538. The van der Waals surface area contributed by atoms with E-state index in [2.05, 4.69) is 20.8 Å². The second-order valence-electron chi connectivity index (χ2n) is 5.65. The van der Waals surface area contributed by atoms with Crippen LogP contribution in [0.2, 0.25) is 0 Å². The number of hydrogen-bond donors (Lipinski definition) is 3. The Hall–Kier alpha value is -2.18. The van der Waals surface area contributed by atoms with Gasteiger partial charge in [0.2, 0.25) is 5.91 Å². The number of nitrogens with one attached hydrogen (secondary N) is 3. The Kier molecular flexibility index (Phi) is 5.42. The van der Waals surface area contributed by atoms with Gasteiger partial charge in [-0.1, -0.05) is 20.8 Å². The number of nitrogens with zero attached hydrogens (tertiary/aromatic N) is 1. The summed E-state index contributed by atoms with van der Waals surface area (Å²) in [6, 6.07) is 2.57. The van der Waals surface area contributed by atoms with Gasteiger partial charge in [-0.15, -0.1) is 0 Å². The van der Waals surface area contributed by atoms with Gasteiger partial charge >= 0.3 is 0 Å². The van der Waals surface area contributed by atoms with Crippen LogP contribution in [0.5, 0.6) is 0 Å². The first-order valence-corrected chi connectivity index (χ1v) is 6.38. The first-order valence-electron chi connectivity index (χ1n) is 6.38. The van der Waals surface area contributed by atoms with Crippen molar-refractivity contribution in [1.29, 1.82) is 0 Å². The van der Waals surface area contributed by atoms with Crippen molar-refractivity contribution >= 4 is 11.8 Å². The van der Waals surface area contributed by atoms with Crippen LogP contribution >= 0.6 is 0 Å². The summed E-state index contributed by atoms with van der Waals surface area (Å²) in [6.07, 6.45) is 0.433. The Bertz CT molecular complexity index is 511. The summed E-state index contributed by atoms with van der Waals surface area (Å²) in [4.78, 5) is 34.0. The predicted octanol–water partition coefficient (Wildman–Crippen LogP) is 0.0521. The van der Waals surface area contributed by atoms with E-state index in [1.807, 2.05) is 20.8 Å². The van der Waals surface area contributed by atoms with Crippen LogP contribution in [-0.2, 0) is 4.79 Å². The third kappa shape index (κ3) is 6.12. The van der Waals surface area contributed by atoms with E-state index in [1.54, 1.807) is 0 Å². The van der Waals surface area contributed by atoms with Crippen LogP contribution < -0.4 is 16.2 Å². The topological polar surface area (TPSA) is 104 Å². The second kappa shape index (κ2) is 6.83. The van der Waals surface area contributed by atoms with Gasteiger partial charge in [0.1, 0.15) is 5.69 Å². The molecule has 7 nitrogen and oxygen atoms in total. The lowest BCUT2D eigenvalue weighted by Crippen LogP contribution is -2.36. The molecule has 0 saturated carbocycles. The fourth-order valence-corrected chi connectivity index (χ4v) is 1.48. The summed E-state index contributed by atoms with van der Waals surface area (Å²) < 4.78 is 0. The Morgan fingerprint density at radius 3 is 2.40 bits per heavy atom. The molecule has 2 amide bonds. The van der Waals surface area contributed by atoms with Crippen molar-refractivity contribution in [2.24, 2.45) is 5.41 Å². The van der Waals surface area contributed by atoms with E-state index >= 15 is 0 Å². The molecule has 7 heteroatoms. The smallest absolute Gasteiger partial charge is 0.271 e. The first-order chi connectivity index (χ1) is 9.28. The Balaban J connectivity index is 2.27. The van der Waals surface area contributed by atoms with Crippen LogP contribution in [0.15, 0.2) is 16.9 Å². The lowest BCUT2D eigenvalue weighted by Gasteiger charge is -2.17. The van der Waals surface area contributed by atoms with E-state index < -0.39 is 5.91 Å². The summed E-state index contributed by atoms with van der Waals surface area (Å²) in [5, 5.41) is 11.1. The molecule has 0 aliphatic carbocycles. The number of hydrogen-bond acceptors (Lipinski definition) is 4. The van der Waals surface area contributed by atoms with Crippen LogP contribution in [0.3, 0.4) is 0 Å². The Morgan fingerprint density at radius 1 is 1.20 bits per heavy atom. The molecule has 0 atom stereocenters. The zero-order valence-corrected chi connectivity index (χ0v) is 11.9. The number of carbonyl (C=O) groups is 2. The van der Waals surface area contributed by atoms with E-state index in [-0.39, 0.29) is 22.6 Å². The molecule has 1 aromatic heterocycles. The van der Waals surface area contributed by atoms with E-state index in [4.69, 9.17) is 0 Å². The highest BCUT2D eigenvalue weighted by atomic mass is 16.2. The molecule has 3 N–H and O–H groups in total. The molecular weight excluding hydrogens is 260 g/mol. The van der Waals surface area contributed by atoms with Crippen molar-refractivity contribution in [3.8, 4) is 0 Å². The first kappa shape index (κ1) is 15.9. The Labute approximate surface area is 117 Å². The van der Waals surface area contributed by atoms with Crippen LogP contribution in [-0.4, -0.2) is 35.1 Å². The molecule has 0 aliphatic rings. The van der Waals surface area contributed by atoms with Crippen molar-refractivity contribution in [2.45, 2.75) is 27.2 Å². The minimum atomic E-state index is -0.397. The van der Waals surface area contributed by atoms with E-state index in [1.165, 1.54) is 12.1 Å². The number of aromatic amines is 1. The molecule has 0 saturated heterocycles. The van der Waals surface area contributed by atoms with Gasteiger partial charge in [-0.2, -0.15) is 5.10 Å². The number of amides is 2. The highest BCUT2D eigenvalue weighted by Crippen LogP contribution is 2.17. The molecule has 1 aromatic rings. The van der Waals surface area contributed by atoms with Crippen molar-refractivity contribution in [3.63, 3.8) is 0 Å². The van der Waals surface area contributed by atoms with Crippen LogP contribution in [0.4, 0.5) is 0 Å². The summed E-state index contributed by atoms with van der Waals surface area (Å²) in [5.74, 6) is -0.444. The molecule has 0 radical (unpaired) electrons. The largest absolute Gasteiger partial charge is 0.354 e. The third-order valence-corrected chi connectivity index (χ3v) is 2.34. The van der Waals surface area contributed by atoms with Gasteiger partial charge < -0.3 is 10.6 Å². The lowest BCUT2D eigenvalue weighted by molar-refractivity contribution is -0.122. The van der Waals surface area contributed by atoms with Gasteiger partial charge in [0.05, 0.1) is 0 Å². The molecule has 0 fully saturated rings. The standard InChI is InChI=1S/C13H20N4O3/c1-13(2,3)8-11(19)14-6-7-15-12(20)9-4-5-10(18)17-16-9/h4-5H,6-8H2,1-3H3,(H,14,19)(H,15,20)(H,17,18). The number of rotatable bonds is 5. The number of carbonyl (C=O) groups excluding carboxylic acids is 2. The lowest BCUT2D eigenvalue weighted by atomic mass is 9.92. The molecule has 0 spiro atoms. The van der Waals surface area contributed by atoms with Crippen LogP contribution in [0.1, 0.15) is 37.7 Å². The minimum Gasteiger partial charge on any atom is -0.354 e. The van der Waals surface area contributed by atoms with Gasteiger partial charge in [-0.05, 0) is 11.5 Å². The van der Waals surface area contributed by atoms with Gasteiger partial charge in [0, 0.05) is 25.6 Å². The van der Waals surface area contributed by atoms with Gasteiger partial charge in [0.25, 0.3) is 11.5 Å². The second-order valence-corrected chi connectivity index (χ2v) is 5.65. The highest BCUT2D eigenvalue weighted by Gasteiger charge is 2.15. The average molecular weight is 280 g/mol. The maximum absolute atomic E-state index is 11.6. The molecule has 110 valence electrons. The zero-order chi connectivity index (χ0) is 15.2. The van der Waals surface area contributed by atoms with Crippen molar-refractivity contribution in [2.75, 3.05) is 13.1 Å². The predicted molar refractivity (Wildman–Crippen MR) is 74.3 cm³/mol. The summed E-state index contributed by atoms with van der Waals surface area (Å²) in [7, 11) is 0. The quantitative estimate of drug-likeness (QED) is 0.663. The SMILES string of the molecule is CC(C)(C)CC(=O)NCCNC(=O)c1ccc(=O)[nH]n1. The average Bonchev–Trinajstić information content (AvgIpc) is 2.33. The fourth-order valence-electron chi connectivity index (χ4n) is 1.48. The van der Waals surface area contributed by atoms with Gasteiger partial charge in [0.15, 0.2) is 0 Å². The minimum absolute atomic E-state index is 0.0473. The van der Waals surface area contributed by atoms with Crippen molar-refractivity contribution in [1.82, 2.24) is 20.8 Å². The Morgan fingerprint density at radius 2 is 1.85 bits per heavy atom. The molecule has 20 heavy (non-hydrogen) atoms. The van der Waals surface area contributed by atoms with Gasteiger partial charge in [-0.3, -0.25) is 14.4 Å². The van der Waals surface area contributed by atoms with Crippen molar-refractivity contribution < 1.29 is 9.59 Å². The zero-order valence-electron chi connectivity index (χ0n) is 11.9. The third-order valence-electron chi connectivity index (χ3n) is 2.34. The summed E-state index contributed by atoms with van der Waals surface area (Å²) >= 11 is 0. The molecule has 0 aliphatic heterocycles. The normalized spacial score (nSPS) is 10.9. The van der Waals surface area contributed by atoms with Crippen molar-refractivity contribution in [3.05, 3.63) is 28.2 Å². The maximum atomic E-state index is 11.6. The molecule has 1 heterocycles. The maximum Gasteiger partial charge on any atom is 0.271 e. The molecule has 0 aromatic carbocycles. The molecule has 0 unspecified atom stereocenters. The van der Waals surface area contributed by atoms with Crippen LogP contribution in [0.25, 0.3) is 0 Å². The van der Waals surface area contributed by atoms with E-state index in [0.29, 0.717) is 19.5 Å². The number of H-pyrrole nitrogens is 1. The van der Waals surface area contributed by atoms with E-state index in [9.17, 15) is 14.4 Å². The summed E-state index contributed by atoms with van der Waals surface area (Å²) in [6.45, 7) is 6.60. The molecule has 0 bridgehead atoms. The monoisotopic (exact) mass is 280 g/mol. The number of aromatic nitrogens is 2. The molecule has 1 rings (SSSR count).